The fourth-order valence-electron chi connectivity index (χ4n) is 1.40. The van der Waals surface area contributed by atoms with Crippen LogP contribution in [0.5, 0.6) is 5.75 Å². The molecule has 2 nitrogen and oxygen atoms in total. The summed E-state index contributed by atoms with van der Waals surface area (Å²) in [6.45, 7) is 5.30. The summed E-state index contributed by atoms with van der Waals surface area (Å²) in [4.78, 5) is 0. The van der Waals surface area contributed by atoms with E-state index in [9.17, 15) is 0 Å². The maximum atomic E-state index is 6.05. The first-order valence-electron chi connectivity index (χ1n) is 5.63. The van der Waals surface area contributed by atoms with Gasteiger partial charge >= 0.3 is 0 Å². The summed E-state index contributed by atoms with van der Waals surface area (Å²) in [5.74, 6) is 0.697. The van der Waals surface area contributed by atoms with Crippen LogP contribution >= 0.6 is 27.5 Å². The summed E-state index contributed by atoms with van der Waals surface area (Å²) < 4.78 is 6.56. The average Bonchev–Trinajstić information content (AvgIpc) is 3.09. The molecule has 1 aliphatic carbocycles. The van der Waals surface area contributed by atoms with Gasteiger partial charge in [-0.05, 0) is 36.6 Å². The molecule has 1 N–H and O–H groups in total. The van der Waals surface area contributed by atoms with Crippen LogP contribution in [-0.2, 0) is 0 Å². The first-order valence-corrected chi connectivity index (χ1v) is 6.80. The van der Waals surface area contributed by atoms with Gasteiger partial charge in [-0.15, -0.1) is 0 Å². The van der Waals surface area contributed by atoms with Crippen LogP contribution in [0.3, 0.4) is 0 Å². The molecule has 0 aliphatic heterocycles. The van der Waals surface area contributed by atoms with Gasteiger partial charge in [0.1, 0.15) is 12.4 Å². The van der Waals surface area contributed by atoms with E-state index in [0.717, 1.165) is 16.6 Å². The van der Waals surface area contributed by atoms with Gasteiger partial charge in [0.25, 0.3) is 0 Å². The number of ether oxygens (including phenoxy) is 1. The maximum absolute atomic E-state index is 6.05. The SMILES string of the molecule is C=C(CNC1CC1)COc1ccc(Br)cc1Cl. The monoisotopic (exact) mass is 315 g/mol. The molecule has 1 aromatic carbocycles. The van der Waals surface area contributed by atoms with Crippen molar-refractivity contribution < 1.29 is 4.74 Å². The summed E-state index contributed by atoms with van der Waals surface area (Å²) >= 11 is 9.41. The maximum Gasteiger partial charge on any atom is 0.138 e. The van der Waals surface area contributed by atoms with Crippen molar-refractivity contribution in [2.75, 3.05) is 13.2 Å². The van der Waals surface area contributed by atoms with E-state index < -0.39 is 0 Å². The van der Waals surface area contributed by atoms with Crippen LogP contribution < -0.4 is 10.1 Å². The second-order valence-electron chi connectivity index (χ2n) is 4.27. The highest BCUT2D eigenvalue weighted by Gasteiger charge is 2.20. The molecule has 0 atom stereocenters. The van der Waals surface area contributed by atoms with Gasteiger partial charge in [0.05, 0.1) is 5.02 Å². The number of benzene rings is 1. The fraction of sp³-hybridized carbons (Fsp3) is 0.385. The Hall–Kier alpha value is -0.510. The van der Waals surface area contributed by atoms with E-state index in [1.165, 1.54) is 12.8 Å². The first-order chi connectivity index (χ1) is 8.15. The second-order valence-corrected chi connectivity index (χ2v) is 5.59. The highest BCUT2D eigenvalue weighted by atomic mass is 79.9. The molecule has 0 bridgehead atoms. The van der Waals surface area contributed by atoms with Gasteiger partial charge in [0.2, 0.25) is 0 Å². The molecular formula is C13H15BrClNO. The van der Waals surface area contributed by atoms with E-state index in [1.54, 1.807) is 0 Å². The Kier molecular flexibility index (Phi) is 4.48. The van der Waals surface area contributed by atoms with E-state index in [1.807, 2.05) is 18.2 Å². The lowest BCUT2D eigenvalue weighted by molar-refractivity contribution is 0.348. The van der Waals surface area contributed by atoms with Crippen molar-refractivity contribution in [3.8, 4) is 5.75 Å². The van der Waals surface area contributed by atoms with Crippen LogP contribution in [0.1, 0.15) is 12.8 Å². The fourth-order valence-corrected chi connectivity index (χ4v) is 2.13. The van der Waals surface area contributed by atoms with Gasteiger partial charge in [-0.3, -0.25) is 0 Å². The normalized spacial score (nSPS) is 14.7. The highest BCUT2D eigenvalue weighted by molar-refractivity contribution is 9.10. The Morgan fingerprint density at radius 1 is 1.53 bits per heavy atom. The molecule has 1 fully saturated rings. The molecule has 0 heterocycles. The number of halogens is 2. The van der Waals surface area contributed by atoms with Gasteiger partial charge in [-0.2, -0.15) is 0 Å². The number of hydrogen-bond donors (Lipinski definition) is 1. The van der Waals surface area contributed by atoms with Crippen molar-refractivity contribution in [3.63, 3.8) is 0 Å². The molecule has 1 saturated carbocycles. The smallest absolute Gasteiger partial charge is 0.138 e. The van der Waals surface area contributed by atoms with Crippen molar-refractivity contribution in [3.05, 3.63) is 39.8 Å². The Bertz CT molecular complexity index is 418. The van der Waals surface area contributed by atoms with Gasteiger partial charge < -0.3 is 10.1 Å². The van der Waals surface area contributed by atoms with Crippen molar-refractivity contribution in [1.29, 1.82) is 0 Å². The molecule has 1 aromatic rings. The highest BCUT2D eigenvalue weighted by Crippen LogP contribution is 2.28. The summed E-state index contributed by atoms with van der Waals surface area (Å²) in [6, 6.07) is 6.28. The standard InChI is InChI=1S/C13H15BrClNO/c1-9(7-16-11-3-4-11)8-17-13-5-2-10(14)6-12(13)15/h2,5-6,11,16H,1,3-4,7-8H2. The molecule has 1 aliphatic rings. The lowest BCUT2D eigenvalue weighted by Crippen LogP contribution is -2.21. The zero-order valence-electron chi connectivity index (χ0n) is 9.51. The average molecular weight is 317 g/mol. The second kappa shape index (κ2) is 5.89. The summed E-state index contributed by atoms with van der Waals surface area (Å²) in [5, 5.41) is 4.01. The van der Waals surface area contributed by atoms with Crippen molar-refractivity contribution >= 4 is 27.5 Å². The molecule has 17 heavy (non-hydrogen) atoms. The quantitative estimate of drug-likeness (QED) is 0.806. The predicted molar refractivity (Wildman–Crippen MR) is 74.8 cm³/mol. The third-order valence-corrected chi connectivity index (χ3v) is 3.33. The third-order valence-electron chi connectivity index (χ3n) is 2.54. The number of nitrogens with one attached hydrogen (secondary N) is 1. The van der Waals surface area contributed by atoms with Gasteiger partial charge in [-0.1, -0.05) is 34.1 Å². The van der Waals surface area contributed by atoms with Gasteiger partial charge in [-0.25, -0.2) is 0 Å². The lowest BCUT2D eigenvalue weighted by Gasteiger charge is -2.10. The lowest BCUT2D eigenvalue weighted by atomic mass is 10.3. The van der Waals surface area contributed by atoms with E-state index in [0.29, 0.717) is 23.4 Å². The van der Waals surface area contributed by atoms with Gasteiger partial charge in [0, 0.05) is 17.1 Å². The van der Waals surface area contributed by atoms with Crippen LogP contribution in [0.25, 0.3) is 0 Å². The largest absolute Gasteiger partial charge is 0.488 e. The minimum absolute atomic E-state index is 0.501. The molecule has 92 valence electrons. The third kappa shape index (κ3) is 4.34. The Balaban J connectivity index is 1.77. The van der Waals surface area contributed by atoms with Crippen LogP contribution in [-0.4, -0.2) is 19.2 Å². The molecule has 0 aromatic heterocycles. The molecule has 0 spiro atoms. The number of hydrogen-bond acceptors (Lipinski definition) is 2. The van der Waals surface area contributed by atoms with E-state index in [2.05, 4.69) is 27.8 Å². The number of rotatable bonds is 6. The van der Waals surface area contributed by atoms with E-state index in [4.69, 9.17) is 16.3 Å². The minimum Gasteiger partial charge on any atom is -0.488 e. The van der Waals surface area contributed by atoms with Crippen molar-refractivity contribution in [2.45, 2.75) is 18.9 Å². The van der Waals surface area contributed by atoms with Crippen LogP contribution in [0.2, 0.25) is 5.02 Å². The first kappa shape index (κ1) is 12.9. The Morgan fingerprint density at radius 2 is 2.29 bits per heavy atom. The zero-order valence-corrected chi connectivity index (χ0v) is 11.9. The summed E-state index contributed by atoms with van der Waals surface area (Å²) in [7, 11) is 0. The van der Waals surface area contributed by atoms with Crippen molar-refractivity contribution in [2.24, 2.45) is 0 Å². The minimum atomic E-state index is 0.501. The van der Waals surface area contributed by atoms with E-state index >= 15 is 0 Å². The molecular weight excluding hydrogens is 302 g/mol. The molecule has 0 amide bonds. The predicted octanol–water partition coefficient (Wildman–Crippen LogP) is 3.79. The summed E-state index contributed by atoms with van der Waals surface area (Å²) in [5.41, 5.74) is 1.04. The topological polar surface area (TPSA) is 21.3 Å². The van der Waals surface area contributed by atoms with Gasteiger partial charge in [0.15, 0.2) is 0 Å². The Labute approximate surface area is 115 Å². The molecule has 4 heteroatoms. The van der Waals surface area contributed by atoms with Crippen molar-refractivity contribution in [1.82, 2.24) is 5.32 Å². The van der Waals surface area contributed by atoms with Crippen LogP contribution in [0.15, 0.2) is 34.8 Å². The van der Waals surface area contributed by atoms with Crippen LogP contribution in [0, 0.1) is 0 Å². The summed E-state index contributed by atoms with van der Waals surface area (Å²) in [6.07, 6.45) is 2.57. The van der Waals surface area contributed by atoms with E-state index in [-0.39, 0.29) is 0 Å². The zero-order chi connectivity index (χ0) is 12.3. The molecule has 0 unspecified atom stereocenters. The molecule has 0 radical (unpaired) electrons. The molecule has 0 saturated heterocycles. The van der Waals surface area contributed by atoms with Crippen LogP contribution in [0.4, 0.5) is 0 Å². The Morgan fingerprint density at radius 3 is 2.94 bits per heavy atom. The molecule has 2 rings (SSSR count).